The molecule has 2 aromatic heterocycles. The van der Waals surface area contributed by atoms with E-state index in [0.29, 0.717) is 55.8 Å². The second-order valence-corrected chi connectivity index (χ2v) is 12.4. The monoisotopic (exact) mass is 624 g/mol. The van der Waals surface area contributed by atoms with Crippen LogP contribution in [0.3, 0.4) is 0 Å². The molecule has 0 atom stereocenters. The van der Waals surface area contributed by atoms with Crippen LogP contribution in [0, 0.1) is 5.82 Å². The molecule has 2 heterocycles. The highest BCUT2D eigenvalue weighted by Crippen LogP contribution is 2.33. The van der Waals surface area contributed by atoms with Gasteiger partial charge in [-0.05, 0) is 66.2 Å². The topological polar surface area (TPSA) is 135 Å². The molecule has 0 spiro atoms. The van der Waals surface area contributed by atoms with E-state index in [2.05, 4.69) is 15.3 Å². The third-order valence-electron chi connectivity index (χ3n) is 6.41. The number of nitrogens with one attached hydrogen (secondary N) is 1. The number of sulfone groups is 1. The van der Waals surface area contributed by atoms with Crippen LogP contribution in [0.1, 0.15) is 11.3 Å². The van der Waals surface area contributed by atoms with E-state index in [4.69, 9.17) is 20.8 Å². The van der Waals surface area contributed by atoms with E-state index < -0.39 is 15.9 Å². The van der Waals surface area contributed by atoms with Crippen LogP contribution in [0.15, 0.2) is 83.5 Å². The number of furan rings is 1. The summed E-state index contributed by atoms with van der Waals surface area (Å²) in [4.78, 5) is 21.3. The number of halogens is 2. The van der Waals surface area contributed by atoms with Crippen molar-refractivity contribution in [3.05, 3.63) is 101 Å². The molecule has 3 aromatic carbocycles. The zero-order valence-electron chi connectivity index (χ0n) is 22.8. The van der Waals surface area contributed by atoms with Crippen LogP contribution in [-0.4, -0.2) is 53.0 Å². The van der Waals surface area contributed by atoms with Crippen LogP contribution >= 0.6 is 11.6 Å². The number of hydrogen-bond acceptors (Lipinski definition) is 8. The maximum atomic E-state index is 13.5. The van der Waals surface area contributed by atoms with Crippen molar-refractivity contribution < 1.29 is 31.9 Å². The molecule has 5 rings (SSSR count). The molecule has 0 unspecified atom stereocenters. The number of nitrogens with zero attached hydrogens (tertiary/aromatic N) is 3. The minimum absolute atomic E-state index is 0.100. The predicted molar refractivity (Wildman–Crippen MR) is 161 cm³/mol. The molecule has 2 N–H and O–H groups in total. The number of fused-ring (bicyclic) bond motifs is 1. The molecule has 0 aliphatic heterocycles. The van der Waals surface area contributed by atoms with E-state index in [1.54, 1.807) is 42.5 Å². The van der Waals surface area contributed by atoms with Gasteiger partial charge in [-0.2, -0.15) is 0 Å². The van der Waals surface area contributed by atoms with Crippen molar-refractivity contribution in [2.24, 2.45) is 0 Å². The maximum Gasteiger partial charge on any atom is 0.407 e. The summed E-state index contributed by atoms with van der Waals surface area (Å²) in [6, 6.07) is 20.2. The number of amides is 1. The van der Waals surface area contributed by atoms with Crippen LogP contribution < -0.4 is 10.1 Å². The maximum absolute atomic E-state index is 13.5. The molecule has 0 aliphatic rings. The van der Waals surface area contributed by atoms with E-state index in [1.165, 1.54) is 18.5 Å². The molecule has 5 aromatic rings. The lowest BCUT2D eigenvalue weighted by Crippen LogP contribution is -2.33. The summed E-state index contributed by atoms with van der Waals surface area (Å²) in [6.07, 6.45) is 1.25. The Morgan fingerprint density at radius 3 is 2.67 bits per heavy atom. The Morgan fingerprint density at radius 2 is 1.93 bits per heavy atom. The van der Waals surface area contributed by atoms with Crippen LogP contribution in [0.5, 0.6) is 5.75 Å². The minimum atomic E-state index is -3.33. The molecular weight excluding hydrogens is 599 g/mol. The first-order chi connectivity index (χ1) is 20.5. The number of carboxylic acid groups (broad SMARTS) is 1. The number of aromatic nitrogens is 2. The number of benzene rings is 3. The highest BCUT2D eigenvalue weighted by atomic mass is 35.5. The summed E-state index contributed by atoms with van der Waals surface area (Å²) < 4.78 is 48.1. The van der Waals surface area contributed by atoms with E-state index in [0.717, 1.165) is 11.2 Å². The number of rotatable bonds is 11. The lowest BCUT2D eigenvalue weighted by molar-refractivity contribution is 0.142. The minimum Gasteiger partial charge on any atom is -0.487 e. The highest BCUT2D eigenvalue weighted by molar-refractivity contribution is 7.90. The standard InChI is InChI=1S/C30H26ClFN4O6S/c1-43(39,40)12-11-36(30(37)38)16-23-7-10-27(42-23)20-5-8-26-24(14-20)29(34-18-33-26)35-22-6-9-28(25(31)15-22)41-17-19-3-2-4-21(32)13-19/h2-10,13-15,18H,11-12,16-17H2,1H3,(H,37,38)(H,33,34,35). The molecule has 13 heteroatoms. The third kappa shape index (κ3) is 7.79. The first-order valence-corrected chi connectivity index (χ1v) is 15.4. The van der Waals surface area contributed by atoms with Gasteiger partial charge in [0.25, 0.3) is 0 Å². The lowest BCUT2D eigenvalue weighted by atomic mass is 10.1. The summed E-state index contributed by atoms with van der Waals surface area (Å²) in [5.41, 5.74) is 2.70. The Labute approximate surface area is 251 Å². The molecule has 0 bridgehead atoms. The SMILES string of the molecule is CS(=O)(=O)CCN(Cc1ccc(-c2ccc3ncnc(Nc4ccc(OCc5cccc(F)c5)c(Cl)c4)c3c2)o1)C(=O)O. The number of carbonyl (C=O) groups is 1. The van der Waals surface area contributed by atoms with Gasteiger partial charge in [-0.15, -0.1) is 0 Å². The number of hydrogen-bond donors (Lipinski definition) is 2. The van der Waals surface area contributed by atoms with Gasteiger partial charge in [0, 0.05) is 29.4 Å². The van der Waals surface area contributed by atoms with Gasteiger partial charge >= 0.3 is 6.09 Å². The van der Waals surface area contributed by atoms with E-state index in [9.17, 15) is 22.7 Å². The van der Waals surface area contributed by atoms with Crippen LogP contribution in [0.25, 0.3) is 22.2 Å². The van der Waals surface area contributed by atoms with Crippen molar-refractivity contribution in [2.45, 2.75) is 13.2 Å². The molecule has 222 valence electrons. The average Bonchev–Trinajstić information content (AvgIpc) is 3.43. The molecule has 0 saturated heterocycles. The van der Waals surface area contributed by atoms with Crippen molar-refractivity contribution >= 4 is 49.9 Å². The highest BCUT2D eigenvalue weighted by Gasteiger charge is 2.18. The Bertz CT molecular complexity index is 1900. The Morgan fingerprint density at radius 1 is 1.09 bits per heavy atom. The van der Waals surface area contributed by atoms with Gasteiger partial charge in [-0.3, -0.25) is 4.90 Å². The Balaban J connectivity index is 1.32. The zero-order chi connectivity index (χ0) is 30.6. The van der Waals surface area contributed by atoms with Crippen molar-refractivity contribution in [1.82, 2.24) is 14.9 Å². The summed E-state index contributed by atoms with van der Waals surface area (Å²) >= 11 is 6.46. The first kappa shape index (κ1) is 29.8. The van der Waals surface area contributed by atoms with E-state index in [-0.39, 0.29) is 31.3 Å². The fourth-order valence-electron chi connectivity index (χ4n) is 4.25. The number of ether oxygens (including phenoxy) is 1. The summed E-state index contributed by atoms with van der Waals surface area (Å²) in [6.45, 7) is -0.110. The van der Waals surface area contributed by atoms with Gasteiger partial charge in [0.15, 0.2) is 0 Å². The van der Waals surface area contributed by atoms with Crippen molar-refractivity contribution in [2.75, 3.05) is 23.9 Å². The first-order valence-electron chi connectivity index (χ1n) is 13.0. The lowest BCUT2D eigenvalue weighted by Gasteiger charge is -2.17. The van der Waals surface area contributed by atoms with Gasteiger partial charge in [-0.1, -0.05) is 23.7 Å². The molecule has 0 aliphatic carbocycles. The van der Waals surface area contributed by atoms with Gasteiger partial charge in [0.05, 0.1) is 22.8 Å². The molecule has 43 heavy (non-hydrogen) atoms. The fourth-order valence-corrected chi connectivity index (χ4v) is 5.04. The Hall–Kier alpha value is -4.68. The van der Waals surface area contributed by atoms with Crippen molar-refractivity contribution in [3.8, 4) is 17.1 Å². The third-order valence-corrected chi connectivity index (χ3v) is 7.63. The molecule has 0 radical (unpaired) electrons. The normalized spacial score (nSPS) is 11.4. The van der Waals surface area contributed by atoms with Crippen LogP contribution in [0.4, 0.5) is 20.7 Å². The van der Waals surface area contributed by atoms with E-state index in [1.807, 2.05) is 18.2 Å². The number of anilines is 2. The van der Waals surface area contributed by atoms with Gasteiger partial charge in [-0.25, -0.2) is 27.6 Å². The quantitative estimate of drug-likeness (QED) is 0.168. The molecule has 0 fully saturated rings. The van der Waals surface area contributed by atoms with Gasteiger partial charge < -0.3 is 19.6 Å². The second kappa shape index (κ2) is 12.7. The summed E-state index contributed by atoms with van der Waals surface area (Å²) in [5, 5.41) is 13.8. The van der Waals surface area contributed by atoms with Crippen LogP contribution in [-0.2, 0) is 23.0 Å². The fraction of sp³-hybridized carbons (Fsp3) is 0.167. The zero-order valence-corrected chi connectivity index (χ0v) is 24.4. The molecule has 0 saturated carbocycles. The summed E-state index contributed by atoms with van der Waals surface area (Å²) in [7, 11) is -3.33. The Kier molecular flexibility index (Phi) is 8.78. The van der Waals surface area contributed by atoms with Gasteiger partial charge in [0.1, 0.15) is 51.7 Å². The van der Waals surface area contributed by atoms with Crippen molar-refractivity contribution in [3.63, 3.8) is 0 Å². The smallest absolute Gasteiger partial charge is 0.407 e. The summed E-state index contributed by atoms with van der Waals surface area (Å²) in [5.74, 6) is 1.18. The predicted octanol–water partition coefficient (Wildman–Crippen LogP) is 6.53. The second-order valence-electron chi connectivity index (χ2n) is 9.74. The van der Waals surface area contributed by atoms with E-state index >= 15 is 0 Å². The average molecular weight is 625 g/mol. The van der Waals surface area contributed by atoms with Gasteiger partial charge in [0.2, 0.25) is 0 Å². The molecule has 10 nitrogen and oxygen atoms in total. The van der Waals surface area contributed by atoms with Crippen molar-refractivity contribution in [1.29, 1.82) is 0 Å². The van der Waals surface area contributed by atoms with Crippen LogP contribution in [0.2, 0.25) is 5.02 Å². The molecular formula is C30H26ClFN4O6S. The molecule has 1 amide bonds. The largest absolute Gasteiger partial charge is 0.487 e.